The lowest BCUT2D eigenvalue weighted by Crippen LogP contribution is -2.37. The van der Waals surface area contributed by atoms with Crippen molar-refractivity contribution in [2.45, 2.75) is 24.0 Å². The molecule has 0 bridgehead atoms. The Morgan fingerprint density at radius 1 is 0.909 bits per heavy atom. The fourth-order valence-electron chi connectivity index (χ4n) is 4.51. The normalized spacial score (nSPS) is 22.1. The molecule has 7 heteroatoms. The molecule has 33 heavy (non-hydrogen) atoms. The van der Waals surface area contributed by atoms with Gasteiger partial charge in [0.2, 0.25) is 5.91 Å². The number of fused-ring (bicyclic) bond motifs is 1. The van der Waals surface area contributed by atoms with Crippen LogP contribution in [0.5, 0.6) is 5.75 Å². The number of rotatable bonds is 6. The molecule has 0 radical (unpaired) electrons. The maximum Gasteiger partial charge on any atom is 0.266 e. The largest absolute Gasteiger partial charge is 0.492 e. The fourth-order valence-corrected chi connectivity index (χ4v) is 4.92. The van der Waals surface area contributed by atoms with Crippen LogP contribution in [-0.4, -0.2) is 30.8 Å². The monoisotopic (exact) mass is 460 g/mol. The Balaban J connectivity index is 1.57. The molecule has 2 aliphatic rings. The number of hydrogen-bond acceptors (Lipinski definition) is 6. The van der Waals surface area contributed by atoms with Gasteiger partial charge in [-0.05, 0) is 55.1 Å². The SMILES string of the molecule is CCOc1ccccc1N1C(=O)[C@H]2[C@H](ON(c3ccccc3)[C@@H]2c2ccc(SC)cc2)C1=O. The predicted molar refractivity (Wildman–Crippen MR) is 128 cm³/mol. The number of carbonyl (C=O) groups is 2. The third-order valence-corrected chi connectivity index (χ3v) is 6.73. The van der Waals surface area contributed by atoms with Crippen LogP contribution >= 0.6 is 11.8 Å². The summed E-state index contributed by atoms with van der Waals surface area (Å²) >= 11 is 1.65. The van der Waals surface area contributed by atoms with Crippen molar-refractivity contribution in [3.63, 3.8) is 0 Å². The smallest absolute Gasteiger partial charge is 0.266 e. The molecule has 2 fully saturated rings. The molecule has 2 amide bonds. The van der Waals surface area contributed by atoms with E-state index in [9.17, 15) is 9.59 Å². The van der Waals surface area contributed by atoms with E-state index in [1.807, 2.05) is 73.8 Å². The highest BCUT2D eigenvalue weighted by atomic mass is 32.2. The van der Waals surface area contributed by atoms with Crippen LogP contribution in [0.15, 0.2) is 83.8 Å². The first-order chi connectivity index (χ1) is 16.1. The molecule has 0 aromatic heterocycles. The summed E-state index contributed by atoms with van der Waals surface area (Å²) in [5.74, 6) is -0.828. The first kappa shape index (κ1) is 21.6. The van der Waals surface area contributed by atoms with E-state index < -0.39 is 18.1 Å². The lowest BCUT2D eigenvalue weighted by Gasteiger charge is -2.29. The number of hydroxylamine groups is 1. The highest BCUT2D eigenvalue weighted by Gasteiger charge is 2.60. The van der Waals surface area contributed by atoms with Crippen LogP contribution in [0.25, 0.3) is 0 Å². The Bertz CT molecular complexity index is 1170. The van der Waals surface area contributed by atoms with Crippen LogP contribution in [0.2, 0.25) is 0 Å². The van der Waals surface area contributed by atoms with Crippen LogP contribution in [0.1, 0.15) is 18.5 Å². The van der Waals surface area contributed by atoms with Crippen LogP contribution < -0.4 is 14.7 Å². The summed E-state index contributed by atoms with van der Waals surface area (Å²) in [6.07, 6.45) is 1.12. The number of thioether (sulfide) groups is 1. The van der Waals surface area contributed by atoms with Gasteiger partial charge in [0.25, 0.3) is 5.91 Å². The van der Waals surface area contributed by atoms with E-state index in [4.69, 9.17) is 9.57 Å². The van der Waals surface area contributed by atoms with Gasteiger partial charge in [0.15, 0.2) is 6.10 Å². The highest BCUT2D eigenvalue weighted by molar-refractivity contribution is 7.98. The molecule has 3 aromatic carbocycles. The molecule has 0 N–H and O–H groups in total. The van der Waals surface area contributed by atoms with Crippen LogP contribution in [0.4, 0.5) is 11.4 Å². The Labute approximate surface area is 197 Å². The van der Waals surface area contributed by atoms with Gasteiger partial charge < -0.3 is 4.74 Å². The van der Waals surface area contributed by atoms with Gasteiger partial charge in [-0.15, -0.1) is 11.8 Å². The standard InChI is InChI=1S/C26H24N2O4S/c1-3-31-21-12-8-7-11-20(21)27-25(29)22-23(17-13-15-19(33-2)16-14-17)28(32-24(22)26(27)30)18-9-5-4-6-10-18/h4-16,22-24H,3H2,1-2H3/t22-,23-,24+/m1/s1. The maximum absolute atomic E-state index is 13.8. The third-order valence-electron chi connectivity index (χ3n) is 5.99. The van der Waals surface area contributed by atoms with E-state index >= 15 is 0 Å². The van der Waals surface area contributed by atoms with Crippen molar-refractivity contribution >= 4 is 35.0 Å². The van der Waals surface area contributed by atoms with Gasteiger partial charge in [0, 0.05) is 4.90 Å². The van der Waals surface area contributed by atoms with E-state index in [1.165, 1.54) is 4.90 Å². The van der Waals surface area contributed by atoms with Gasteiger partial charge in [-0.1, -0.05) is 42.5 Å². The van der Waals surface area contributed by atoms with Crippen molar-refractivity contribution < 1.29 is 19.2 Å². The second-order valence-electron chi connectivity index (χ2n) is 7.84. The zero-order valence-electron chi connectivity index (χ0n) is 18.4. The topological polar surface area (TPSA) is 59.1 Å². The molecule has 5 rings (SSSR count). The summed E-state index contributed by atoms with van der Waals surface area (Å²) in [5, 5.41) is 1.71. The molecule has 0 unspecified atom stereocenters. The molecule has 2 heterocycles. The number of carbonyl (C=O) groups excluding carboxylic acids is 2. The number of nitrogens with zero attached hydrogens (tertiary/aromatic N) is 2. The number of amides is 2. The van der Waals surface area contributed by atoms with Gasteiger partial charge >= 0.3 is 0 Å². The molecule has 168 valence electrons. The minimum atomic E-state index is -0.905. The van der Waals surface area contributed by atoms with E-state index in [2.05, 4.69) is 0 Å². The number of para-hydroxylation sites is 3. The average Bonchev–Trinajstić information content (AvgIpc) is 3.36. The molecule has 3 aromatic rings. The molecule has 0 aliphatic carbocycles. The molecule has 2 saturated heterocycles. The first-order valence-corrected chi connectivity index (χ1v) is 12.1. The van der Waals surface area contributed by atoms with Crippen molar-refractivity contribution in [1.29, 1.82) is 0 Å². The summed E-state index contributed by atoms with van der Waals surface area (Å²) in [6.45, 7) is 2.30. The van der Waals surface area contributed by atoms with E-state index in [1.54, 1.807) is 35.0 Å². The first-order valence-electron chi connectivity index (χ1n) is 10.9. The van der Waals surface area contributed by atoms with Crippen molar-refractivity contribution in [3.05, 3.63) is 84.4 Å². The van der Waals surface area contributed by atoms with E-state index in [0.717, 1.165) is 16.1 Å². The van der Waals surface area contributed by atoms with Crippen molar-refractivity contribution in [2.24, 2.45) is 5.92 Å². The van der Waals surface area contributed by atoms with Gasteiger partial charge in [-0.2, -0.15) is 0 Å². The summed E-state index contributed by atoms with van der Waals surface area (Å²) < 4.78 is 5.70. The summed E-state index contributed by atoms with van der Waals surface area (Å²) in [5.41, 5.74) is 2.17. The van der Waals surface area contributed by atoms with Gasteiger partial charge in [-0.25, -0.2) is 9.96 Å². The second kappa shape index (κ2) is 8.92. The molecule has 6 nitrogen and oxygen atoms in total. The van der Waals surface area contributed by atoms with Crippen molar-refractivity contribution in [1.82, 2.24) is 0 Å². The van der Waals surface area contributed by atoms with E-state index in [-0.39, 0.29) is 11.8 Å². The Morgan fingerprint density at radius 2 is 1.61 bits per heavy atom. The molecular formula is C26H24N2O4S. The molecule has 0 spiro atoms. The van der Waals surface area contributed by atoms with Crippen LogP contribution in [0.3, 0.4) is 0 Å². The lowest BCUT2D eigenvalue weighted by atomic mass is 9.90. The van der Waals surface area contributed by atoms with Gasteiger partial charge in [0.1, 0.15) is 11.7 Å². The summed E-state index contributed by atoms with van der Waals surface area (Å²) in [6, 6.07) is 24.3. The fraction of sp³-hybridized carbons (Fsp3) is 0.231. The minimum Gasteiger partial charge on any atom is -0.492 e. The zero-order chi connectivity index (χ0) is 22.9. The van der Waals surface area contributed by atoms with Gasteiger partial charge in [-0.3, -0.25) is 14.4 Å². The number of benzene rings is 3. The molecule has 2 aliphatic heterocycles. The average molecular weight is 461 g/mol. The molecular weight excluding hydrogens is 436 g/mol. The number of imide groups is 1. The van der Waals surface area contributed by atoms with E-state index in [0.29, 0.717) is 18.0 Å². The number of hydrogen-bond donors (Lipinski definition) is 0. The third kappa shape index (κ3) is 3.67. The van der Waals surface area contributed by atoms with Crippen LogP contribution in [-0.2, 0) is 14.4 Å². The number of ether oxygens (including phenoxy) is 1. The Kier molecular flexibility index (Phi) is 5.83. The maximum atomic E-state index is 13.8. The summed E-state index contributed by atoms with van der Waals surface area (Å²) in [4.78, 5) is 35.8. The predicted octanol–water partition coefficient (Wildman–Crippen LogP) is 4.86. The highest BCUT2D eigenvalue weighted by Crippen LogP contribution is 2.48. The number of anilines is 2. The Hall–Kier alpha value is -3.29. The lowest BCUT2D eigenvalue weighted by molar-refractivity contribution is -0.126. The Morgan fingerprint density at radius 3 is 2.30 bits per heavy atom. The van der Waals surface area contributed by atoms with Crippen molar-refractivity contribution in [2.75, 3.05) is 22.8 Å². The van der Waals surface area contributed by atoms with Crippen molar-refractivity contribution in [3.8, 4) is 5.75 Å². The van der Waals surface area contributed by atoms with Gasteiger partial charge in [0.05, 0.1) is 24.0 Å². The summed E-state index contributed by atoms with van der Waals surface area (Å²) in [7, 11) is 0. The zero-order valence-corrected chi connectivity index (χ0v) is 19.2. The quantitative estimate of drug-likeness (QED) is 0.387. The second-order valence-corrected chi connectivity index (χ2v) is 8.72. The van der Waals surface area contributed by atoms with Crippen LogP contribution in [0, 0.1) is 5.92 Å². The molecule has 0 saturated carbocycles. The molecule has 3 atom stereocenters. The minimum absolute atomic E-state index is 0.283.